The van der Waals surface area contributed by atoms with Crippen LogP contribution in [0.15, 0.2) is 0 Å². The Morgan fingerprint density at radius 1 is 0.778 bits per heavy atom. The number of carbonyl (C=O) groups is 5. The van der Waals surface area contributed by atoms with Crippen LogP contribution in [0.5, 0.6) is 0 Å². The van der Waals surface area contributed by atoms with E-state index in [1.807, 2.05) is 27.7 Å². The van der Waals surface area contributed by atoms with Gasteiger partial charge in [-0.2, -0.15) is 0 Å². The van der Waals surface area contributed by atoms with E-state index in [9.17, 15) is 34.2 Å². The molecule has 0 spiro atoms. The highest BCUT2D eigenvalue weighted by molar-refractivity contribution is 5.94. The van der Waals surface area contributed by atoms with Gasteiger partial charge in [0.2, 0.25) is 23.6 Å². The maximum atomic E-state index is 12.7. The molecule has 0 aromatic carbocycles. The number of aliphatic hydroxyl groups is 1. The van der Waals surface area contributed by atoms with Gasteiger partial charge in [-0.3, -0.25) is 19.2 Å². The van der Waals surface area contributed by atoms with Crippen molar-refractivity contribution in [3.63, 3.8) is 0 Å². The van der Waals surface area contributed by atoms with E-state index in [0.717, 1.165) is 0 Å². The summed E-state index contributed by atoms with van der Waals surface area (Å²) in [4.78, 5) is 61.2. The van der Waals surface area contributed by atoms with Crippen LogP contribution in [0.2, 0.25) is 0 Å². The average Bonchev–Trinajstić information content (AvgIpc) is 2.78. The van der Waals surface area contributed by atoms with Crippen LogP contribution in [0, 0.1) is 11.8 Å². The fourth-order valence-electron chi connectivity index (χ4n) is 3.35. The zero-order chi connectivity index (χ0) is 27.8. The van der Waals surface area contributed by atoms with Crippen molar-refractivity contribution in [1.82, 2.24) is 21.3 Å². The van der Waals surface area contributed by atoms with E-state index >= 15 is 0 Å². The molecule has 13 heteroatoms. The van der Waals surface area contributed by atoms with Gasteiger partial charge in [0, 0.05) is 0 Å². The lowest BCUT2D eigenvalue weighted by Gasteiger charge is -2.24. The monoisotopic (exact) mass is 516 g/mol. The highest BCUT2D eigenvalue weighted by Crippen LogP contribution is 2.07. The lowest BCUT2D eigenvalue weighted by Crippen LogP contribution is -2.57. The third-order valence-corrected chi connectivity index (χ3v) is 5.22. The minimum atomic E-state index is -1.31. The summed E-state index contributed by atoms with van der Waals surface area (Å²) in [6.07, 6.45) is 1.95. The maximum absolute atomic E-state index is 12.7. The molecule has 0 fully saturated rings. The summed E-state index contributed by atoms with van der Waals surface area (Å²) < 4.78 is 0. The average molecular weight is 517 g/mol. The number of nitrogens with one attached hydrogen (secondary N) is 4. The topological polar surface area (TPSA) is 226 Å². The summed E-state index contributed by atoms with van der Waals surface area (Å²) in [6, 6.07) is -4.33. The highest BCUT2D eigenvalue weighted by Gasteiger charge is 2.29. The predicted octanol–water partition coefficient (Wildman–Crippen LogP) is -1.82. The SMILES string of the molecule is CC(C)C[C@H](NC(=O)[C@H](CO)NC(=O)[C@@H](N)CC(C)C)C(=O)NCC(=O)N[C@@H](CCCCN)C(=O)O. The molecule has 0 aliphatic rings. The van der Waals surface area contributed by atoms with Crippen LogP contribution < -0.4 is 32.7 Å². The summed E-state index contributed by atoms with van der Waals surface area (Å²) in [5.74, 6) is -3.80. The second-order valence-electron chi connectivity index (χ2n) is 9.63. The lowest BCUT2D eigenvalue weighted by atomic mass is 10.0. The molecule has 13 nitrogen and oxygen atoms in total. The van der Waals surface area contributed by atoms with Gasteiger partial charge >= 0.3 is 5.97 Å². The zero-order valence-electron chi connectivity index (χ0n) is 21.7. The smallest absolute Gasteiger partial charge is 0.326 e. The van der Waals surface area contributed by atoms with Gasteiger partial charge in [0.15, 0.2) is 0 Å². The molecular weight excluding hydrogens is 472 g/mol. The Morgan fingerprint density at radius 2 is 1.36 bits per heavy atom. The molecule has 0 saturated heterocycles. The summed E-state index contributed by atoms with van der Waals surface area (Å²) in [5.41, 5.74) is 11.2. The van der Waals surface area contributed by atoms with Gasteiger partial charge in [0.25, 0.3) is 0 Å². The molecule has 0 radical (unpaired) electrons. The number of aliphatic carboxylic acids is 1. The van der Waals surface area contributed by atoms with Gasteiger partial charge in [-0.25, -0.2) is 4.79 Å². The van der Waals surface area contributed by atoms with E-state index in [-0.39, 0.29) is 24.7 Å². The van der Waals surface area contributed by atoms with Crippen LogP contribution in [0.4, 0.5) is 0 Å². The minimum absolute atomic E-state index is 0.0181. The van der Waals surface area contributed by atoms with Gasteiger partial charge in [-0.15, -0.1) is 0 Å². The molecule has 4 amide bonds. The van der Waals surface area contributed by atoms with Crippen molar-refractivity contribution in [2.45, 2.75) is 84.0 Å². The van der Waals surface area contributed by atoms with Crippen LogP contribution in [0.25, 0.3) is 0 Å². The van der Waals surface area contributed by atoms with E-state index in [1.165, 1.54) is 0 Å². The summed E-state index contributed by atoms with van der Waals surface area (Å²) >= 11 is 0. The number of carboxylic acids is 1. The third kappa shape index (κ3) is 14.0. The number of rotatable bonds is 18. The first-order valence-electron chi connectivity index (χ1n) is 12.3. The number of hydrogen-bond acceptors (Lipinski definition) is 8. The fourth-order valence-corrected chi connectivity index (χ4v) is 3.35. The predicted molar refractivity (Wildman–Crippen MR) is 133 cm³/mol. The third-order valence-electron chi connectivity index (χ3n) is 5.22. The van der Waals surface area contributed by atoms with Gasteiger partial charge in [0.1, 0.15) is 18.1 Å². The Morgan fingerprint density at radius 3 is 1.86 bits per heavy atom. The van der Waals surface area contributed by atoms with E-state index < -0.39 is 66.9 Å². The molecular formula is C23H44N6O7. The van der Waals surface area contributed by atoms with Gasteiger partial charge in [-0.1, -0.05) is 27.7 Å². The van der Waals surface area contributed by atoms with Crippen molar-refractivity contribution < 1.29 is 34.2 Å². The number of hydrogen-bond donors (Lipinski definition) is 8. The molecule has 0 bridgehead atoms. The first-order chi connectivity index (χ1) is 16.8. The van der Waals surface area contributed by atoms with Gasteiger partial charge in [-0.05, 0) is 50.5 Å². The van der Waals surface area contributed by atoms with Gasteiger partial charge in [0.05, 0.1) is 19.2 Å². The molecule has 0 aliphatic carbocycles. The fraction of sp³-hybridized carbons (Fsp3) is 0.783. The second-order valence-corrected chi connectivity index (χ2v) is 9.63. The molecule has 36 heavy (non-hydrogen) atoms. The van der Waals surface area contributed by atoms with Crippen LogP contribution >= 0.6 is 0 Å². The van der Waals surface area contributed by atoms with Crippen LogP contribution in [-0.2, 0) is 24.0 Å². The molecule has 208 valence electrons. The highest BCUT2D eigenvalue weighted by atomic mass is 16.4. The zero-order valence-corrected chi connectivity index (χ0v) is 21.7. The molecule has 0 aliphatic heterocycles. The number of carboxylic acid groups (broad SMARTS) is 1. The van der Waals surface area contributed by atoms with Crippen molar-refractivity contribution in [3.05, 3.63) is 0 Å². The largest absolute Gasteiger partial charge is 0.480 e. The molecule has 0 heterocycles. The minimum Gasteiger partial charge on any atom is -0.480 e. The standard InChI is InChI=1S/C23H44N6O7/c1-13(2)9-15(25)20(32)29-18(12-30)22(34)28-17(10-14(3)4)21(33)26-11-19(31)27-16(23(35)36)7-5-6-8-24/h13-18,30H,5-12,24-25H2,1-4H3,(H,26,33)(H,27,31)(H,28,34)(H,29,32)(H,35,36)/t15-,16-,17-,18-/m0/s1. The molecule has 0 aromatic heterocycles. The first kappa shape index (κ1) is 33.2. The number of carbonyl (C=O) groups excluding carboxylic acids is 4. The van der Waals surface area contributed by atoms with Crippen LogP contribution in [0.1, 0.15) is 59.8 Å². The van der Waals surface area contributed by atoms with E-state index in [4.69, 9.17) is 11.5 Å². The number of nitrogens with two attached hydrogens (primary N) is 2. The molecule has 0 rings (SSSR count). The van der Waals surface area contributed by atoms with Crippen molar-refractivity contribution in [2.24, 2.45) is 23.3 Å². The Bertz CT molecular complexity index is 732. The van der Waals surface area contributed by atoms with Crippen molar-refractivity contribution in [1.29, 1.82) is 0 Å². The molecule has 0 aromatic rings. The number of unbranched alkanes of at least 4 members (excludes halogenated alkanes) is 1. The van der Waals surface area contributed by atoms with E-state index in [1.54, 1.807) is 0 Å². The number of aliphatic hydroxyl groups excluding tert-OH is 1. The summed E-state index contributed by atoms with van der Waals surface area (Å²) in [7, 11) is 0. The molecule has 10 N–H and O–H groups in total. The maximum Gasteiger partial charge on any atom is 0.326 e. The Labute approximate surface area is 212 Å². The quantitative estimate of drug-likeness (QED) is 0.0958. The summed E-state index contributed by atoms with van der Waals surface area (Å²) in [6.45, 7) is 6.65. The van der Waals surface area contributed by atoms with Gasteiger partial charge < -0.3 is 42.9 Å². The van der Waals surface area contributed by atoms with Crippen LogP contribution in [-0.4, -0.2) is 83.7 Å². The molecule has 0 unspecified atom stereocenters. The van der Waals surface area contributed by atoms with Crippen LogP contribution in [0.3, 0.4) is 0 Å². The van der Waals surface area contributed by atoms with Crippen molar-refractivity contribution >= 4 is 29.6 Å². The Hall–Kier alpha value is -2.77. The lowest BCUT2D eigenvalue weighted by molar-refractivity contribution is -0.142. The normalized spacial score (nSPS) is 14.5. The first-order valence-corrected chi connectivity index (χ1v) is 12.3. The van der Waals surface area contributed by atoms with Crippen molar-refractivity contribution in [3.8, 4) is 0 Å². The van der Waals surface area contributed by atoms with E-state index in [2.05, 4.69) is 21.3 Å². The Kier molecular flexibility index (Phi) is 16.3. The Balaban J connectivity index is 5.05. The molecule has 0 saturated carbocycles. The second kappa shape index (κ2) is 17.6. The summed E-state index contributed by atoms with van der Waals surface area (Å²) in [5, 5.41) is 28.5. The van der Waals surface area contributed by atoms with Crippen molar-refractivity contribution in [2.75, 3.05) is 19.7 Å². The van der Waals surface area contributed by atoms with E-state index in [0.29, 0.717) is 25.8 Å². The molecule has 4 atom stereocenters. The number of amides is 4.